The van der Waals surface area contributed by atoms with Crippen molar-refractivity contribution in [3.05, 3.63) is 29.8 Å². The molecule has 0 spiro atoms. The topological polar surface area (TPSA) is 66.4 Å². The highest BCUT2D eigenvalue weighted by molar-refractivity contribution is 5.92. The van der Waals surface area contributed by atoms with Crippen molar-refractivity contribution < 1.29 is 14.7 Å². The van der Waals surface area contributed by atoms with E-state index >= 15 is 0 Å². The van der Waals surface area contributed by atoms with Gasteiger partial charge in [-0.3, -0.25) is 9.59 Å². The third-order valence-corrected chi connectivity index (χ3v) is 2.39. The van der Waals surface area contributed by atoms with Gasteiger partial charge >= 0.3 is 5.97 Å². The molecule has 0 aliphatic rings. The average molecular weight is 235 g/mol. The first kappa shape index (κ1) is 13.2. The van der Waals surface area contributed by atoms with Crippen molar-refractivity contribution in [2.45, 2.75) is 32.6 Å². The summed E-state index contributed by atoms with van der Waals surface area (Å²) in [4.78, 5) is 22.2. The zero-order valence-corrected chi connectivity index (χ0v) is 9.90. The van der Waals surface area contributed by atoms with Gasteiger partial charge in [-0.25, -0.2) is 0 Å². The molecule has 0 unspecified atom stereocenters. The Kier molecular flexibility index (Phi) is 5.20. The zero-order chi connectivity index (χ0) is 12.7. The third-order valence-electron chi connectivity index (χ3n) is 2.39. The fraction of sp³-hybridized carbons (Fsp3) is 0.385. The summed E-state index contributed by atoms with van der Waals surface area (Å²) in [5.74, 6) is -0.968. The Balaban J connectivity index is 2.69. The summed E-state index contributed by atoms with van der Waals surface area (Å²) in [6.45, 7) is 2.02. The summed E-state index contributed by atoms with van der Waals surface area (Å²) < 4.78 is 0. The number of carboxylic acids is 1. The summed E-state index contributed by atoms with van der Waals surface area (Å²) in [7, 11) is 0. The minimum atomic E-state index is -0.903. The van der Waals surface area contributed by atoms with Crippen molar-refractivity contribution in [3.8, 4) is 0 Å². The molecule has 0 aliphatic carbocycles. The van der Waals surface area contributed by atoms with Crippen LogP contribution in [0.2, 0.25) is 0 Å². The van der Waals surface area contributed by atoms with E-state index in [0.29, 0.717) is 17.7 Å². The van der Waals surface area contributed by atoms with Crippen molar-refractivity contribution in [2.75, 3.05) is 5.32 Å². The first-order valence-electron chi connectivity index (χ1n) is 5.73. The lowest BCUT2D eigenvalue weighted by molar-refractivity contribution is -0.136. The van der Waals surface area contributed by atoms with Gasteiger partial charge in [0, 0.05) is 12.1 Å². The Bertz CT molecular complexity index is 401. The minimum Gasteiger partial charge on any atom is -0.481 e. The number of amides is 1. The van der Waals surface area contributed by atoms with Crippen LogP contribution in [0.15, 0.2) is 24.3 Å². The molecule has 17 heavy (non-hydrogen) atoms. The van der Waals surface area contributed by atoms with Gasteiger partial charge in [0.2, 0.25) is 5.91 Å². The molecule has 4 heteroatoms. The van der Waals surface area contributed by atoms with Gasteiger partial charge in [0.1, 0.15) is 0 Å². The monoisotopic (exact) mass is 235 g/mol. The predicted molar refractivity (Wildman–Crippen MR) is 65.9 cm³/mol. The maximum absolute atomic E-state index is 11.6. The second-order valence-corrected chi connectivity index (χ2v) is 3.88. The van der Waals surface area contributed by atoms with Crippen molar-refractivity contribution >= 4 is 17.6 Å². The van der Waals surface area contributed by atoms with Crippen LogP contribution < -0.4 is 5.32 Å². The minimum absolute atomic E-state index is 0.0651. The van der Waals surface area contributed by atoms with Crippen LogP contribution in [-0.2, 0) is 16.0 Å². The molecule has 0 saturated carbocycles. The predicted octanol–water partition coefficient (Wildman–Crippen LogP) is 2.44. The molecule has 1 amide bonds. The molecule has 0 aromatic heterocycles. The van der Waals surface area contributed by atoms with Crippen molar-refractivity contribution in [3.63, 3.8) is 0 Å². The van der Waals surface area contributed by atoms with E-state index < -0.39 is 5.97 Å². The molecule has 0 radical (unpaired) electrons. The number of carbonyl (C=O) groups is 2. The van der Waals surface area contributed by atoms with Crippen molar-refractivity contribution in [1.29, 1.82) is 0 Å². The van der Waals surface area contributed by atoms with Gasteiger partial charge in [0.15, 0.2) is 0 Å². The van der Waals surface area contributed by atoms with Gasteiger partial charge in [-0.05, 0) is 18.1 Å². The Morgan fingerprint density at radius 1 is 1.29 bits per heavy atom. The number of hydrogen-bond donors (Lipinski definition) is 2. The summed E-state index contributed by atoms with van der Waals surface area (Å²) in [6, 6.07) is 6.98. The van der Waals surface area contributed by atoms with Crippen LogP contribution in [0, 0.1) is 0 Å². The molecule has 4 nitrogen and oxygen atoms in total. The second-order valence-electron chi connectivity index (χ2n) is 3.88. The highest BCUT2D eigenvalue weighted by Crippen LogP contribution is 2.16. The number of carboxylic acid groups (broad SMARTS) is 1. The number of anilines is 1. The zero-order valence-electron chi connectivity index (χ0n) is 9.90. The van der Waals surface area contributed by atoms with Gasteiger partial charge < -0.3 is 10.4 Å². The van der Waals surface area contributed by atoms with E-state index in [-0.39, 0.29) is 12.3 Å². The van der Waals surface area contributed by atoms with Crippen LogP contribution in [0.25, 0.3) is 0 Å². The van der Waals surface area contributed by atoms with Crippen molar-refractivity contribution in [1.82, 2.24) is 0 Å². The molecule has 0 bridgehead atoms. The van der Waals surface area contributed by atoms with Crippen LogP contribution in [0.4, 0.5) is 5.69 Å². The fourth-order valence-electron chi connectivity index (χ4n) is 1.51. The summed E-state index contributed by atoms with van der Waals surface area (Å²) >= 11 is 0. The summed E-state index contributed by atoms with van der Waals surface area (Å²) in [6.07, 6.45) is 2.19. The number of carbonyl (C=O) groups excluding carboxylic acids is 1. The maximum atomic E-state index is 11.6. The maximum Gasteiger partial charge on any atom is 0.307 e. The number of para-hydroxylation sites is 1. The molecule has 1 rings (SSSR count). The molecule has 0 fully saturated rings. The summed E-state index contributed by atoms with van der Waals surface area (Å²) in [5.41, 5.74) is 1.22. The van der Waals surface area contributed by atoms with E-state index in [4.69, 9.17) is 5.11 Å². The molecular formula is C13H17NO3. The number of aliphatic carboxylic acids is 1. The van der Waals surface area contributed by atoms with Gasteiger partial charge in [0.05, 0.1) is 6.42 Å². The first-order valence-corrected chi connectivity index (χ1v) is 5.73. The molecule has 92 valence electrons. The van der Waals surface area contributed by atoms with E-state index in [1.165, 1.54) is 0 Å². The normalized spacial score (nSPS) is 9.94. The van der Waals surface area contributed by atoms with Gasteiger partial charge in [-0.2, -0.15) is 0 Å². The molecular weight excluding hydrogens is 218 g/mol. The van der Waals surface area contributed by atoms with E-state index in [0.717, 1.165) is 12.8 Å². The van der Waals surface area contributed by atoms with Crippen LogP contribution in [0.3, 0.4) is 0 Å². The third kappa shape index (κ3) is 4.68. The van der Waals surface area contributed by atoms with Crippen molar-refractivity contribution in [2.24, 2.45) is 0 Å². The number of rotatable bonds is 6. The van der Waals surface area contributed by atoms with Gasteiger partial charge in [-0.1, -0.05) is 31.5 Å². The highest BCUT2D eigenvalue weighted by Gasteiger charge is 2.08. The van der Waals surface area contributed by atoms with E-state index in [1.54, 1.807) is 24.3 Å². The SMILES string of the molecule is CCCCC(=O)Nc1ccccc1CC(=O)O. The Labute approximate surface area is 101 Å². The summed E-state index contributed by atoms with van der Waals surface area (Å²) in [5, 5.41) is 11.5. The smallest absolute Gasteiger partial charge is 0.307 e. The molecule has 0 saturated heterocycles. The lowest BCUT2D eigenvalue weighted by atomic mass is 10.1. The number of unbranched alkanes of at least 4 members (excludes halogenated alkanes) is 1. The number of benzene rings is 1. The lowest BCUT2D eigenvalue weighted by Gasteiger charge is -2.09. The van der Waals surface area contributed by atoms with E-state index in [2.05, 4.69) is 5.32 Å². The number of hydrogen-bond acceptors (Lipinski definition) is 2. The molecule has 0 atom stereocenters. The fourth-order valence-corrected chi connectivity index (χ4v) is 1.51. The molecule has 2 N–H and O–H groups in total. The molecule has 0 aliphatic heterocycles. The average Bonchev–Trinajstić information content (AvgIpc) is 2.28. The Morgan fingerprint density at radius 2 is 2.00 bits per heavy atom. The van der Waals surface area contributed by atoms with Crippen LogP contribution in [-0.4, -0.2) is 17.0 Å². The Hall–Kier alpha value is -1.84. The van der Waals surface area contributed by atoms with Gasteiger partial charge in [0.25, 0.3) is 0 Å². The molecule has 1 aromatic rings. The number of nitrogens with one attached hydrogen (secondary N) is 1. The highest BCUT2D eigenvalue weighted by atomic mass is 16.4. The Morgan fingerprint density at radius 3 is 2.65 bits per heavy atom. The second kappa shape index (κ2) is 6.68. The van der Waals surface area contributed by atoms with Crippen LogP contribution in [0.1, 0.15) is 31.7 Å². The quantitative estimate of drug-likeness (QED) is 0.795. The van der Waals surface area contributed by atoms with Gasteiger partial charge in [-0.15, -0.1) is 0 Å². The molecule has 0 heterocycles. The lowest BCUT2D eigenvalue weighted by Crippen LogP contribution is -2.13. The van der Waals surface area contributed by atoms with Crippen LogP contribution in [0.5, 0.6) is 0 Å². The van der Waals surface area contributed by atoms with E-state index in [9.17, 15) is 9.59 Å². The van der Waals surface area contributed by atoms with Crippen LogP contribution >= 0.6 is 0 Å². The largest absolute Gasteiger partial charge is 0.481 e. The standard InChI is InChI=1S/C13H17NO3/c1-2-3-8-12(15)14-11-7-5-4-6-10(11)9-13(16)17/h4-7H,2-3,8-9H2,1H3,(H,14,15)(H,16,17). The first-order chi connectivity index (χ1) is 8.13. The molecule has 1 aromatic carbocycles. The van der Waals surface area contributed by atoms with E-state index in [1.807, 2.05) is 6.92 Å².